The molecular formula is C21H23N3O4. The van der Waals surface area contributed by atoms with Gasteiger partial charge in [0, 0.05) is 31.8 Å². The normalized spacial score (nSPS) is 15.9. The number of benzene rings is 1. The van der Waals surface area contributed by atoms with Crippen LogP contribution in [0.15, 0.2) is 62.7 Å². The van der Waals surface area contributed by atoms with Crippen LogP contribution in [-0.2, 0) is 6.54 Å². The Morgan fingerprint density at radius 2 is 1.79 bits per heavy atom. The molecule has 0 unspecified atom stereocenters. The van der Waals surface area contributed by atoms with Crippen LogP contribution in [0.25, 0.3) is 11.1 Å². The molecular weight excluding hydrogens is 358 g/mol. The van der Waals surface area contributed by atoms with Crippen LogP contribution < -0.4 is 11.3 Å². The number of carbonyl (C=O) groups is 1. The van der Waals surface area contributed by atoms with Crippen LogP contribution in [0, 0.1) is 5.92 Å². The van der Waals surface area contributed by atoms with Crippen molar-refractivity contribution in [3.8, 4) is 0 Å². The Kier molecular flexibility index (Phi) is 5.25. The molecule has 4 rings (SSSR count). The second kappa shape index (κ2) is 7.98. The second-order valence-corrected chi connectivity index (χ2v) is 7.29. The molecule has 28 heavy (non-hydrogen) atoms. The molecule has 0 amide bonds. The average molecular weight is 381 g/mol. The third-order valence-electron chi connectivity index (χ3n) is 5.44. The number of fused-ring (bicyclic) bond motifs is 1. The number of oxazole rings is 1. The summed E-state index contributed by atoms with van der Waals surface area (Å²) in [6.07, 6.45) is 4.08. The molecule has 1 saturated heterocycles. The number of aromatic nitrogens is 2. The van der Waals surface area contributed by atoms with Gasteiger partial charge in [0.25, 0.3) is 5.56 Å². The Morgan fingerprint density at radius 1 is 1.04 bits per heavy atom. The van der Waals surface area contributed by atoms with E-state index in [9.17, 15) is 14.4 Å². The highest BCUT2D eigenvalue weighted by atomic mass is 16.4. The molecule has 0 bridgehead atoms. The second-order valence-electron chi connectivity index (χ2n) is 7.29. The van der Waals surface area contributed by atoms with E-state index in [0.29, 0.717) is 23.6 Å². The molecule has 0 radical (unpaired) electrons. The number of hydrogen-bond donors (Lipinski definition) is 0. The van der Waals surface area contributed by atoms with Crippen molar-refractivity contribution in [1.82, 2.24) is 14.0 Å². The molecule has 0 spiro atoms. The molecule has 1 aliphatic rings. The zero-order chi connectivity index (χ0) is 19.5. The lowest BCUT2D eigenvalue weighted by Crippen LogP contribution is -2.38. The van der Waals surface area contributed by atoms with Crippen molar-refractivity contribution < 1.29 is 9.21 Å². The predicted molar refractivity (Wildman–Crippen MR) is 106 cm³/mol. The maximum Gasteiger partial charge on any atom is 0.426 e. The first kappa shape index (κ1) is 18.4. The molecule has 0 N–H and O–H groups in total. The van der Waals surface area contributed by atoms with Crippen molar-refractivity contribution >= 4 is 17.0 Å². The topological polar surface area (TPSA) is 77.5 Å². The van der Waals surface area contributed by atoms with E-state index >= 15 is 0 Å². The van der Waals surface area contributed by atoms with Crippen molar-refractivity contribution in [3.05, 3.63) is 69.6 Å². The summed E-state index contributed by atoms with van der Waals surface area (Å²) in [6.45, 7) is 3.13. The quantitative estimate of drug-likeness (QED) is 0.677. The van der Waals surface area contributed by atoms with Gasteiger partial charge in [-0.2, -0.15) is 0 Å². The van der Waals surface area contributed by atoms with E-state index in [1.165, 1.54) is 0 Å². The fourth-order valence-corrected chi connectivity index (χ4v) is 3.85. The van der Waals surface area contributed by atoms with Crippen LogP contribution >= 0.6 is 0 Å². The molecule has 0 saturated carbocycles. The van der Waals surface area contributed by atoms with Gasteiger partial charge < -0.3 is 13.9 Å². The van der Waals surface area contributed by atoms with Gasteiger partial charge in [-0.05, 0) is 50.0 Å². The SMILES string of the molecule is O=C(CCN1CCC(Cn2ccccc2=O)CC1)n1c(=O)oc2ccccc21. The highest BCUT2D eigenvalue weighted by Crippen LogP contribution is 2.19. The van der Waals surface area contributed by atoms with E-state index in [1.807, 2.05) is 12.3 Å². The van der Waals surface area contributed by atoms with Gasteiger partial charge in [0.05, 0.1) is 5.52 Å². The Morgan fingerprint density at radius 3 is 2.57 bits per heavy atom. The minimum Gasteiger partial charge on any atom is -0.407 e. The number of likely N-dealkylation sites (tertiary alicyclic amines) is 1. The lowest BCUT2D eigenvalue weighted by molar-refractivity contribution is 0.0865. The van der Waals surface area contributed by atoms with E-state index in [0.717, 1.165) is 37.0 Å². The number of piperidine rings is 1. The first-order chi connectivity index (χ1) is 13.6. The largest absolute Gasteiger partial charge is 0.426 e. The van der Waals surface area contributed by atoms with Gasteiger partial charge in [-0.3, -0.25) is 9.59 Å². The van der Waals surface area contributed by atoms with E-state index in [-0.39, 0.29) is 17.9 Å². The predicted octanol–water partition coefficient (Wildman–Crippen LogP) is 2.20. The molecule has 3 aromatic rings. The summed E-state index contributed by atoms with van der Waals surface area (Å²) in [6, 6.07) is 12.2. The van der Waals surface area contributed by atoms with Gasteiger partial charge >= 0.3 is 5.76 Å². The highest BCUT2D eigenvalue weighted by Gasteiger charge is 2.21. The average Bonchev–Trinajstić information content (AvgIpc) is 3.05. The van der Waals surface area contributed by atoms with Crippen molar-refractivity contribution in [1.29, 1.82) is 0 Å². The summed E-state index contributed by atoms with van der Waals surface area (Å²) in [7, 11) is 0. The Bertz CT molecular complexity index is 1090. The molecule has 0 atom stereocenters. The minimum atomic E-state index is -0.627. The molecule has 3 heterocycles. The number of carbonyl (C=O) groups excluding carboxylic acids is 1. The van der Waals surface area contributed by atoms with Crippen molar-refractivity contribution in [2.24, 2.45) is 5.92 Å². The zero-order valence-electron chi connectivity index (χ0n) is 15.6. The first-order valence-electron chi connectivity index (χ1n) is 9.63. The first-order valence-corrected chi connectivity index (χ1v) is 9.63. The number of rotatable bonds is 5. The van der Waals surface area contributed by atoms with Crippen molar-refractivity contribution in [3.63, 3.8) is 0 Å². The van der Waals surface area contributed by atoms with Gasteiger partial charge in [0.15, 0.2) is 5.58 Å². The summed E-state index contributed by atoms with van der Waals surface area (Å²) in [4.78, 5) is 38.7. The van der Waals surface area contributed by atoms with Crippen LogP contribution in [0.4, 0.5) is 0 Å². The number of para-hydroxylation sites is 2. The maximum absolute atomic E-state index is 12.6. The molecule has 146 valence electrons. The summed E-state index contributed by atoms with van der Waals surface area (Å²) in [5, 5.41) is 0. The fraction of sp³-hybridized carbons (Fsp3) is 0.381. The van der Waals surface area contributed by atoms with Crippen molar-refractivity contribution in [2.45, 2.75) is 25.8 Å². The van der Waals surface area contributed by atoms with E-state index in [2.05, 4.69) is 4.90 Å². The summed E-state index contributed by atoms with van der Waals surface area (Å²) in [5.41, 5.74) is 0.982. The van der Waals surface area contributed by atoms with Crippen LogP contribution in [-0.4, -0.2) is 39.6 Å². The number of nitrogens with zero attached hydrogens (tertiary/aromatic N) is 3. The smallest absolute Gasteiger partial charge is 0.407 e. The van der Waals surface area contributed by atoms with Gasteiger partial charge in [0.2, 0.25) is 5.91 Å². The molecule has 7 heteroatoms. The Hall–Kier alpha value is -2.93. The van der Waals surface area contributed by atoms with Crippen LogP contribution in [0.5, 0.6) is 0 Å². The summed E-state index contributed by atoms with van der Waals surface area (Å²) >= 11 is 0. The van der Waals surface area contributed by atoms with E-state index in [4.69, 9.17) is 4.42 Å². The van der Waals surface area contributed by atoms with Gasteiger partial charge in [-0.1, -0.05) is 18.2 Å². The third kappa shape index (κ3) is 3.84. The van der Waals surface area contributed by atoms with Crippen LogP contribution in [0.1, 0.15) is 24.1 Å². The highest BCUT2D eigenvalue weighted by molar-refractivity contribution is 5.89. The molecule has 2 aromatic heterocycles. The molecule has 1 fully saturated rings. The number of pyridine rings is 1. The van der Waals surface area contributed by atoms with Crippen molar-refractivity contribution in [2.75, 3.05) is 19.6 Å². The molecule has 0 aliphatic carbocycles. The monoisotopic (exact) mass is 381 g/mol. The number of hydrogen-bond acceptors (Lipinski definition) is 5. The van der Waals surface area contributed by atoms with Gasteiger partial charge in [-0.25, -0.2) is 9.36 Å². The lowest BCUT2D eigenvalue weighted by atomic mass is 9.96. The third-order valence-corrected chi connectivity index (χ3v) is 5.44. The van der Waals surface area contributed by atoms with Gasteiger partial charge in [-0.15, -0.1) is 0 Å². The molecule has 1 aromatic carbocycles. The van der Waals surface area contributed by atoms with Gasteiger partial charge in [0.1, 0.15) is 0 Å². The molecule has 7 nitrogen and oxygen atoms in total. The Balaban J connectivity index is 1.31. The van der Waals surface area contributed by atoms with Crippen LogP contribution in [0.2, 0.25) is 0 Å². The minimum absolute atomic E-state index is 0.0355. The Labute approximate surface area is 161 Å². The van der Waals surface area contributed by atoms with E-state index in [1.54, 1.807) is 41.0 Å². The lowest BCUT2D eigenvalue weighted by Gasteiger charge is -2.32. The maximum atomic E-state index is 12.6. The van der Waals surface area contributed by atoms with Crippen LogP contribution in [0.3, 0.4) is 0 Å². The standard InChI is InChI=1S/C21H23N3O4/c25-19-7-3-4-11-23(19)15-16-8-12-22(13-9-16)14-10-20(26)24-17-5-1-2-6-18(17)28-21(24)27/h1-7,11,16H,8-10,12-15H2. The summed E-state index contributed by atoms with van der Waals surface area (Å²) < 4.78 is 8.03. The zero-order valence-corrected chi connectivity index (χ0v) is 15.6. The van der Waals surface area contributed by atoms with E-state index < -0.39 is 5.76 Å². The molecule has 1 aliphatic heterocycles. The fourth-order valence-electron chi connectivity index (χ4n) is 3.85. The summed E-state index contributed by atoms with van der Waals surface area (Å²) in [5.74, 6) is -0.404.